The van der Waals surface area contributed by atoms with Gasteiger partial charge in [-0.25, -0.2) is 0 Å². The summed E-state index contributed by atoms with van der Waals surface area (Å²) in [7, 11) is 0. The largest absolute Gasteiger partial charge is 0.494 e. The van der Waals surface area contributed by atoms with Gasteiger partial charge >= 0.3 is 0 Å². The molecule has 1 atom stereocenters. The molecule has 0 aromatic heterocycles. The van der Waals surface area contributed by atoms with Crippen molar-refractivity contribution >= 4 is 35.8 Å². The van der Waals surface area contributed by atoms with Crippen LogP contribution in [0.4, 0.5) is 0 Å². The van der Waals surface area contributed by atoms with Crippen LogP contribution in [0.15, 0.2) is 29.3 Å². The maximum absolute atomic E-state index is 12.1. The average molecular weight is 476 g/mol. The number of nitrogens with one attached hydrogen (secondary N) is 3. The van der Waals surface area contributed by atoms with E-state index in [0.29, 0.717) is 19.6 Å². The van der Waals surface area contributed by atoms with E-state index in [1.165, 1.54) is 0 Å². The highest BCUT2D eigenvalue weighted by molar-refractivity contribution is 14.0. The lowest BCUT2D eigenvalue weighted by Crippen LogP contribution is -2.37. The lowest BCUT2D eigenvalue weighted by Gasteiger charge is -2.15. The number of hydrogen-bond acceptors (Lipinski definition) is 3. The summed E-state index contributed by atoms with van der Waals surface area (Å²) in [4.78, 5) is 16.5. The maximum atomic E-state index is 12.1. The molecule has 0 saturated heterocycles. The van der Waals surface area contributed by atoms with Crippen LogP contribution in [0.5, 0.6) is 5.75 Å². The molecule has 1 rings (SSSR count). The molecule has 0 fully saturated rings. The Morgan fingerprint density at radius 3 is 2.27 bits per heavy atom. The number of rotatable bonds is 10. The number of ether oxygens (including phenoxy) is 1. The van der Waals surface area contributed by atoms with E-state index in [1.807, 2.05) is 52.0 Å². The maximum Gasteiger partial charge on any atom is 0.220 e. The molecule has 7 heteroatoms. The van der Waals surface area contributed by atoms with Crippen LogP contribution in [0.25, 0.3) is 0 Å². The third-order valence-electron chi connectivity index (χ3n) is 3.59. The van der Waals surface area contributed by atoms with E-state index >= 15 is 0 Å². The number of carbonyl (C=O) groups excluding carboxylic acids is 1. The van der Waals surface area contributed by atoms with Gasteiger partial charge in [0.2, 0.25) is 5.91 Å². The highest BCUT2D eigenvalue weighted by Gasteiger charge is 2.09. The fourth-order valence-corrected chi connectivity index (χ4v) is 2.36. The summed E-state index contributed by atoms with van der Waals surface area (Å²) in [5, 5.41) is 9.36. The molecule has 0 spiro atoms. The highest BCUT2D eigenvalue weighted by Crippen LogP contribution is 2.17. The monoisotopic (exact) mass is 476 g/mol. The molecule has 1 unspecified atom stereocenters. The van der Waals surface area contributed by atoms with Crippen LogP contribution in [0.1, 0.15) is 52.1 Å². The summed E-state index contributed by atoms with van der Waals surface area (Å²) < 4.78 is 5.43. The smallest absolute Gasteiger partial charge is 0.220 e. The number of halogens is 1. The van der Waals surface area contributed by atoms with Crippen molar-refractivity contribution in [1.29, 1.82) is 0 Å². The highest BCUT2D eigenvalue weighted by atomic mass is 127. The number of carbonyl (C=O) groups is 1. The van der Waals surface area contributed by atoms with Gasteiger partial charge in [-0.15, -0.1) is 24.0 Å². The summed E-state index contributed by atoms with van der Waals surface area (Å²) >= 11 is 0. The quantitative estimate of drug-likeness (QED) is 0.210. The van der Waals surface area contributed by atoms with E-state index in [-0.39, 0.29) is 35.9 Å². The molecule has 0 saturated carbocycles. The first kappa shape index (κ1) is 24.5. The number of hydrogen-bond donors (Lipinski definition) is 3. The van der Waals surface area contributed by atoms with Crippen LogP contribution in [0.2, 0.25) is 0 Å². The van der Waals surface area contributed by atoms with Crippen LogP contribution < -0.4 is 20.7 Å². The summed E-state index contributed by atoms with van der Waals surface area (Å²) in [6.45, 7) is 10.9. The minimum Gasteiger partial charge on any atom is -0.494 e. The van der Waals surface area contributed by atoms with Gasteiger partial charge in [-0.05, 0) is 51.8 Å². The van der Waals surface area contributed by atoms with E-state index in [0.717, 1.165) is 36.8 Å². The molecule has 0 heterocycles. The van der Waals surface area contributed by atoms with Crippen LogP contribution >= 0.6 is 24.0 Å². The van der Waals surface area contributed by atoms with Gasteiger partial charge in [0, 0.05) is 26.1 Å². The van der Waals surface area contributed by atoms with Crippen LogP contribution in [0.3, 0.4) is 0 Å². The molecule has 26 heavy (non-hydrogen) atoms. The Labute approximate surface area is 174 Å². The van der Waals surface area contributed by atoms with Crippen molar-refractivity contribution in [3.8, 4) is 5.75 Å². The van der Waals surface area contributed by atoms with E-state index in [4.69, 9.17) is 4.74 Å². The van der Waals surface area contributed by atoms with Crippen LogP contribution in [0, 0.1) is 0 Å². The molecule has 1 aromatic carbocycles. The number of guanidine groups is 1. The van der Waals surface area contributed by atoms with Gasteiger partial charge in [0.15, 0.2) is 5.96 Å². The van der Waals surface area contributed by atoms with E-state index in [2.05, 4.69) is 20.9 Å². The lowest BCUT2D eigenvalue weighted by molar-refractivity contribution is -0.121. The summed E-state index contributed by atoms with van der Waals surface area (Å²) in [5.41, 5.74) is 1.07. The molecule has 0 radical (unpaired) electrons. The van der Waals surface area contributed by atoms with Crippen molar-refractivity contribution in [3.05, 3.63) is 29.8 Å². The molecule has 1 aromatic rings. The van der Waals surface area contributed by atoms with Crippen molar-refractivity contribution in [1.82, 2.24) is 16.0 Å². The lowest BCUT2D eigenvalue weighted by atomic mass is 10.1. The molecule has 0 aliphatic heterocycles. The second-order valence-electron chi connectivity index (χ2n) is 5.69. The number of amides is 1. The Kier molecular flexibility index (Phi) is 13.8. The van der Waals surface area contributed by atoms with Gasteiger partial charge in [-0.3, -0.25) is 9.79 Å². The fourth-order valence-electron chi connectivity index (χ4n) is 2.36. The third-order valence-corrected chi connectivity index (χ3v) is 3.59. The zero-order valence-corrected chi connectivity index (χ0v) is 18.6. The zero-order chi connectivity index (χ0) is 18.5. The normalized spacial score (nSPS) is 10.9. The first-order valence-corrected chi connectivity index (χ1v) is 9.14. The van der Waals surface area contributed by atoms with Gasteiger partial charge in [0.05, 0.1) is 12.6 Å². The Balaban J connectivity index is 0.00000625. The molecule has 1 amide bonds. The van der Waals surface area contributed by atoms with Crippen molar-refractivity contribution < 1.29 is 9.53 Å². The second-order valence-corrected chi connectivity index (χ2v) is 5.69. The standard InChI is InChI=1S/C19H32N4O2.HI/c1-5-20-19(21-6-2)22-14-8-9-18(24)23-15(4)16-10-12-17(13-11-16)25-7-3;/h10-13,15H,5-9,14H2,1-4H3,(H,23,24)(H2,20,21,22);1H. The van der Waals surface area contributed by atoms with Crippen molar-refractivity contribution in [2.24, 2.45) is 4.99 Å². The average Bonchev–Trinajstić information content (AvgIpc) is 2.60. The van der Waals surface area contributed by atoms with E-state index < -0.39 is 0 Å². The molecule has 0 aliphatic rings. The fraction of sp³-hybridized carbons (Fsp3) is 0.579. The topological polar surface area (TPSA) is 74.8 Å². The van der Waals surface area contributed by atoms with Gasteiger partial charge in [0.1, 0.15) is 5.75 Å². The first-order valence-electron chi connectivity index (χ1n) is 9.14. The summed E-state index contributed by atoms with van der Waals surface area (Å²) in [6, 6.07) is 7.81. The number of nitrogens with zero attached hydrogens (tertiary/aromatic N) is 1. The predicted molar refractivity (Wildman–Crippen MR) is 118 cm³/mol. The molecule has 3 N–H and O–H groups in total. The first-order chi connectivity index (χ1) is 12.1. The third kappa shape index (κ3) is 9.84. The summed E-state index contributed by atoms with van der Waals surface area (Å²) in [5.74, 6) is 1.69. The summed E-state index contributed by atoms with van der Waals surface area (Å²) in [6.07, 6.45) is 1.19. The Morgan fingerprint density at radius 1 is 1.12 bits per heavy atom. The Hall–Kier alpha value is -1.51. The molecular formula is C19H33IN4O2. The zero-order valence-electron chi connectivity index (χ0n) is 16.3. The Morgan fingerprint density at radius 2 is 1.73 bits per heavy atom. The number of aliphatic imine (C=N–C) groups is 1. The minimum absolute atomic E-state index is 0. The molecule has 6 nitrogen and oxygen atoms in total. The van der Waals surface area contributed by atoms with Crippen LogP contribution in [-0.4, -0.2) is 38.1 Å². The van der Waals surface area contributed by atoms with Crippen molar-refractivity contribution in [2.75, 3.05) is 26.2 Å². The predicted octanol–water partition coefficient (Wildman–Crippen LogP) is 3.24. The van der Waals surface area contributed by atoms with E-state index in [9.17, 15) is 4.79 Å². The van der Waals surface area contributed by atoms with E-state index in [1.54, 1.807) is 0 Å². The SMILES string of the molecule is CCNC(=NCCCC(=O)NC(C)c1ccc(OCC)cc1)NCC.I. The molecule has 0 aliphatic carbocycles. The van der Waals surface area contributed by atoms with Crippen molar-refractivity contribution in [2.45, 2.75) is 46.6 Å². The van der Waals surface area contributed by atoms with Gasteiger partial charge in [0.25, 0.3) is 0 Å². The second kappa shape index (κ2) is 14.6. The molecular weight excluding hydrogens is 443 g/mol. The molecule has 148 valence electrons. The van der Waals surface area contributed by atoms with Gasteiger partial charge in [-0.2, -0.15) is 0 Å². The van der Waals surface area contributed by atoms with Crippen molar-refractivity contribution in [3.63, 3.8) is 0 Å². The number of benzene rings is 1. The Bertz CT molecular complexity index is 527. The minimum atomic E-state index is -0.0224. The van der Waals surface area contributed by atoms with Crippen LogP contribution in [-0.2, 0) is 4.79 Å². The van der Waals surface area contributed by atoms with Gasteiger partial charge < -0.3 is 20.7 Å². The molecule has 0 bridgehead atoms. The van der Waals surface area contributed by atoms with Gasteiger partial charge in [-0.1, -0.05) is 12.1 Å².